The molecule has 1 N–H and O–H groups in total. The van der Waals surface area contributed by atoms with Crippen molar-refractivity contribution in [2.75, 3.05) is 26.3 Å². The first kappa shape index (κ1) is 14.5. The third-order valence-corrected chi connectivity index (χ3v) is 4.49. The average Bonchev–Trinajstić information content (AvgIpc) is 3.09. The number of aromatic nitrogens is 4. The summed E-state index contributed by atoms with van der Waals surface area (Å²) in [5.41, 5.74) is 2.19. The Morgan fingerprint density at radius 1 is 1.39 bits per heavy atom. The Hall–Kier alpha value is -2.12. The minimum Gasteiger partial charge on any atom is -0.381 e. The number of hydrogen-bond acceptors (Lipinski definition) is 6. The molecule has 2 aliphatic heterocycles. The lowest BCUT2D eigenvalue weighted by Crippen LogP contribution is -2.38. The van der Waals surface area contributed by atoms with E-state index in [-0.39, 0.29) is 5.56 Å². The van der Waals surface area contributed by atoms with E-state index in [4.69, 9.17) is 4.74 Å². The normalized spacial score (nSPS) is 21.3. The van der Waals surface area contributed by atoms with Crippen molar-refractivity contribution in [3.05, 3.63) is 40.2 Å². The Kier molecular flexibility index (Phi) is 3.88. The van der Waals surface area contributed by atoms with Crippen LogP contribution in [0, 0.1) is 5.92 Å². The monoisotopic (exact) mass is 313 g/mol. The van der Waals surface area contributed by atoms with Gasteiger partial charge in [-0.1, -0.05) is 0 Å². The molecule has 0 spiro atoms. The van der Waals surface area contributed by atoms with Gasteiger partial charge in [-0.2, -0.15) is 0 Å². The Labute approximate surface area is 133 Å². The topological polar surface area (TPSA) is 84.0 Å². The van der Waals surface area contributed by atoms with E-state index in [0.29, 0.717) is 24.0 Å². The Morgan fingerprint density at radius 3 is 3.13 bits per heavy atom. The molecule has 0 aliphatic carbocycles. The third-order valence-electron chi connectivity index (χ3n) is 4.49. The van der Waals surface area contributed by atoms with Gasteiger partial charge in [0.1, 0.15) is 5.69 Å². The minimum atomic E-state index is -0.0666. The highest BCUT2D eigenvalue weighted by Crippen LogP contribution is 2.20. The van der Waals surface area contributed by atoms with E-state index in [2.05, 4.69) is 24.8 Å². The van der Waals surface area contributed by atoms with Gasteiger partial charge in [0.05, 0.1) is 24.1 Å². The number of aromatic amines is 1. The number of fused-ring (bicyclic) bond motifs is 1. The molecule has 4 rings (SSSR count). The molecule has 2 aromatic rings. The van der Waals surface area contributed by atoms with Gasteiger partial charge in [0.15, 0.2) is 5.82 Å². The molecule has 0 saturated carbocycles. The molecular formula is C16H19N5O2. The van der Waals surface area contributed by atoms with Crippen molar-refractivity contribution >= 4 is 0 Å². The summed E-state index contributed by atoms with van der Waals surface area (Å²) in [4.78, 5) is 30.5. The summed E-state index contributed by atoms with van der Waals surface area (Å²) in [6, 6.07) is 0. The lowest BCUT2D eigenvalue weighted by atomic mass is 10.0. The second-order valence-electron chi connectivity index (χ2n) is 6.15. The van der Waals surface area contributed by atoms with Gasteiger partial charge in [-0.15, -0.1) is 0 Å². The van der Waals surface area contributed by atoms with Crippen LogP contribution in [0.15, 0.2) is 23.4 Å². The molecule has 0 bridgehead atoms. The Balaban J connectivity index is 1.57. The van der Waals surface area contributed by atoms with Crippen LogP contribution in [0.2, 0.25) is 0 Å². The molecular weight excluding hydrogens is 294 g/mol. The lowest BCUT2D eigenvalue weighted by molar-refractivity contribution is 0.161. The van der Waals surface area contributed by atoms with Crippen LogP contribution in [0.4, 0.5) is 0 Å². The van der Waals surface area contributed by atoms with Crippen molar-refractivity contribution in [3.8, 4) is 11.5 Å². The van der Waals surface area contributed by atoms with Gasteiger partial charge >= 0.3 is 0 Å². The van der Waals surface area contributed by atoms with E-state index in [0.717, 1.165) is 50.4 Å². The van der Waals surface area contributed by atoms with Gasteiger partial charge in [0.25, 0.3) is 5.56 Å². The maximum atomic E-state index is 12.4. The van der Waals surface area contributed by atoms with Gasteiger partial charge in [-0.3, -0.25) is 14.7 Å². The van der Waals surface area contributed by atoms with Crippen molar-refractivity contribution in [1.82, 2.24) is 24.8 Å². The molecule has 4 heterocycles. The molecule has 1 unspecified atom stereocenters. The Morgan fingerprint density at radius 2 is 2.35 bits per heavy atom. The number of H-pyrrole nitrogens is 1. The molecule has 7 heteroatoms. The van der Waals surface area contributed by atoms with Crippen LogP contribution in [0.5, 0.6) is 0 Å². The first-order chi connectivity index (χ1) is 11.3. The molecule has 2 aliphatic rings. The lowest BCUT2D eigenvalue weighted by Gasteiger charge is -2.29. The molecule has 2 aromatic heterocycles. The van der Waals surface area contributed by atoms with E-state index < -0.39 is 0 Å². The highest BCUT2D eigenvalue weighted by molar-refractivity contribution is 5.47. The van der Waals surface area contributed by atoms with E-state index in [1.54, 1.807) is 18.6 Å². The van der Waals surface area contributed by atoms with Crippen molar-refractivity contribution in [2.45, 2.75) is 19.4 Å². The SMILES string of the molecule is O=c1[nH]c(-c2cnccn2)nc2c1CN(CC1CCOC1)CC2. The van der Waals surface area contributed by atoms with Gasteiger partial charge in [-0.05, 0) is 12.3 Å². The number of rotatable bonds is 3. The van der Waals surface area contributed by atoms with Crippen LogP contribution in [0.1, 0.15) is 17.7 Å². The van der Waals surface area contributed by atoms with E-state index >= 15 is 0 Å². The zero-order valence-corrected chi connectivity index (χ0v) is 12.9. The van der Waals surface area contributed by atoms with Crippen LogP contribution in [-0.4, -0.2) is 51.1 Å². The van der Waals surface area contributed by atoms with Crippen LogP contribution in [0.25, 0.3) is 11.5 Å². The molecule has 1 saturated heterocycles. The van der Waals surface area contributed by atoms with E-state index in [1.807, 2.05) is 0 Å². The molecule has 1 fully saturated rings. The van der Waals surface area contributed by atoms with Crippen LogP contribution in [0.3, 0.4) is 0 Å². The summed E-state index contributed by atoms with van der Waals surface area (Å²) >= 11 is 0. The molecule has 7 nitrogen and oxygen atoms in total. The van der Waals surface area contributed by atoms with Crippen molar-refractivity contribution < 1.29 is 4.74 Å². The van der Waals surface area contributed by atoms with Crippen molar-refractivity contribution in [1.29, 1.82) is 0 Å². The summed E-state index contributed by atoms with van der Waals surface area (Å²) in [6.07, 6.45) is 6.72. The highest BCUT2D eigenvalue weighted by Gasteiger charge is 2.25. The van der Waals surface area contributed by atoms with Gasteiger partial charge in [-0.25, -0.2) is 9.97 Å². The number of ether oxygens (including phenoxy) is 1. The number of hydrogen-bond donors (Lipinski definition) is 1. The molecule has 1 atom stereocenters. The fourth-order valence-corrected chi connectivity index (χ4v) is 3.27. The fourth-order valence-electron chi connectivity index (χ4n) is 3.27. The molecule has 0 aromatic carbocycles. The van der Waals surface area contributed by atoms with E-state index in [9.17, 15) is 4.79 Å². The van der Waals surface area contributed by atoms with Crippen LogP contribution < -0.4 is 5.56 Å². The van der Waals surface area contributed by atoms with Gasteiger partial charge in [0, 0.05) is 45.1 Å². The Bertz CT molecular complexity index is 740. The summed E-state index contributed by atoms with van der Waals surface area (Å²) < 4.78 is 5.44. The maximum Gasteiger partial charge on any atom is 0.255 e. The second-order valence-corrected chi connectivity index (χ2v) is 6.15. The number of nitrogens with one attached hydrogen (secondary N) is 1. The van der Waals surface area contributed by atoms with E-state index in [1.165, 1.54) is 0 Å². The summed E-state index contributed by atoms with van der Waals surface area (Å²) in [6.45, 7) is 4.28. The zero-order chi connectivity index (χ0) is 15.6. The summed E-state index contributed by atoms with van der Waals surface area (Å²) in [5, 5.41) is 0. The number of nitrogens with zero attached hydrogens (tertiary/aromatic N) is 4. The highest BCUT2D eigenvalue weighted by atomic mass is 16.5. The van der Waals surface area contributed by atoms with Crippen molar-refractivity contribution in [3.63, 3.8) is 0 Å². The molecule has 0 radical (unpaired) electrons. The molecule has 0 amide bonds. The smallest absolute Gasteiger partial charge is 0.255 e. The summed E-state index contributed by atoms with van der Waals surface area (Å²) in [7, 11) is 0. The molecule has 23 heavy (non-hydrogen) atoms. The standard InChI is InChI=1S/C16H19N5O2/c22-16-12-9-21(8-11-2-6-23-10-11)5-1-13(12)19-15(20-16)14-7-17-3-4-18-14/h3-4,7,11H,1-2,5-6,8-10H2,(H,19,20,22). The first-order valence-electron chi connectivity index (χ1n) is 7.98. The van der Waals surface area contributed by atoms with Gasteiger partial charge < -0.3 is 9.72 Å². The minimum absolute atomic E-state index is 0.0666. The van der Waals surface area contributed by atoms with Crippen LogP contribution >= 0.6 is 0 Å². The maximum absolute atomic E-state index is 12.4. The third kappa shape index (κ3) is 3.02. The molecule has 120 valence electrons. The van der Waals surface area contributed by atoms with Crippen molar-refractivity contribution in [2.24, 2.45) is 5.92 Å². The predicted molar refractivity (Wildman–Crippen MR) is 83.8 cm³/mol. The van der Waals surface area contributed by atoms with Crippen LogP contribution in [-0.2, 0) is 17.7 Å². The second kappa shape index (κ2) is 6.17. The first-order valence-corrected chi connectivity index (χ1v) is 7.98. The zero-order valence-electron chi connectivity index (χ0n) is 12.9. The predicted octanol–water partition coefficient (Wildman–Crippen LogP) is 0.621. The largest absolute Gasteiger partial charge is 0.381 e. The summed E-state index contributed by atoms with van der Waals surface area (Å²) in [5.74, 6) is 1.09. The van der Waals surface area contributed by atoms with Gasteiger partial charge in [0.2, 0.25) is 0 Å². The quantitative estimate of drug-likeness (QED) is 0.894. The average molecular weight is 313 g/mol. The fraction of sp³-hybridized carbons (Fsp3) is 0.500.